The number of carbonyl (C=O) groups excluding carboxylic acids is 1. The Morgan fingerprint density at radius 3 is 2.29 bits per heavy atom. The topological polar surface area (TPSA) is 97.3 Å². The summed E-state index contributed by atoms with van der Waals surface area (Å²) in [6.45, 7) is 0.306. The lowest BCUT2D eigenvalue weighted by Crippen LogP contribution is -2.25. The van der Waals surface area contributed by atoms with Crippen molar-refractivity contribution in [2.45, 2.75) is 12.3 Å². The van der Waals surface area contributed by atoms with E-state index in [2.05, 4.69) is 10.0 Å². The maximum absolute atomic E-state index is 12.1. The van der Waals surface area contributed by atoms with E-state index >= 15 is 0 Å². The summed E-state index contributed by atoms with van der Waals surface area (Å²) in [5, 5.41) is 2.76. The molecule has 0 saturated heterocycles. The fourth-order valence-electron chi connectivity index (χ4n) is 2.06. The van der Waals surface area contributed by atoms with Crippen LogP contribution in [0.15, 0.2) is 47.4 Å². The van der Waals surface area contributed by atoms with Crippen LogP contribution in [0.1, 0.15) is 21.5 Å². The highest BCUT2D eigenvalue weighted by atomic mass is 32.2. The molecule has 2 aromatic rings. The highest BCUT2D eigenvalue weighted by Gasteiger charge is 2.09. The van der Waals surface area contributed by atoms with Gasteiger partial charge in [0.1, 0.15) is 0 Å². The molecule has 1 aromatic carbocycles. The number of aromatic nitrogens is 1. The highest BCUT2D eigenvalue weighted by molar-refractivity contribution is 7.88. The summed E-state index contributed by atoms with van der Waals surface area (Å²) in [7, 11) is -0.348. The van der Waals surface area contributed by atoms with Crippen molar-refractivity contribution in [3.8, 4) is 0 Å². The molecule has 0 unspecified atom stereocenters. The normalized spacial score (nSPS) is 11.2. The molecule has 0 aliphatic heterocycles. The fourth-order valence-corrected chi connectivity index (χ4v) is 2.83. The predicted molar refractivity (Wildman–Crippen MR) is 91.0 cm³/mol. The number of aryl methyl sites for hydroxylation is 1. The number of amides is 1. The lowest BCUT2D eigenvalue weighted by Gasteiger charge is -2.08. The van der Waals surface area contributed by atoms with Crippen molar-refractivity contribution in [1.29, 1.82) is 0 Å². The molecule has 1 heterocycles. The minimum atomic E-state index is -3.30. The van der Waals surface area contributed by atoms with Crippen molar-refractivity contribution in [2.24, 2.45) is 7.05 Å². The van der Waals surface area contributed by atoms with Gasteiger partial charge in [0.25, 0.3) is 5.91 Å². The van der Waals surface area contributed by atoms with Gasteiger partial charge in [-0.2, -0.15) is 0 Å². The summed E-state index contributed by atoms with van der Waals surface area (Å²) in [6, 6.07) is 9.77. The lowest BCUT2D eigenvalue weighted by molar-refractivity contribution is 0.0950. The Balaban J connectivity index is 1.98. The Bertz CT molecular complexity index is 886. The Morgan fingerprint density at radius 2 is 1.71 bits per heavy atom. The monoisotopic (exact) mass is 349 g/mol. The molecule has 128 valence electrons. The number of hydrogen-bond acceptors (Lipinski definition) is 4. The van der Waals surface area contributed by atoms with Gasteiger partial charge in [0.05, 0.1) is 11.3 Å². The standard InChI is InChI=1S/C16H19N3O4S/c1-17-24(22,23)11-13-5-3-12(4-6-13)9-18-16(21)14-7-8-15(20)19(2)10-14/h3-8,10,17H,9,11H2,1-2H3,(H,18,21). The second-order valence-electron chi connectivity index (χ2n) is 5.33. The van der Waals surface area contributed by atoms with Crippen molar-refractivity contribution in [3.05, 3.63) is 69.6 Å². The quantitative estimate of drug-likeness (QED) is 0.787. The first-order valence-electron chi connectivity index (χ1n) is 7.24. The van der Waals surface area contributed by atoms with Gasteiger partial charge in [0.15, 0.2) is 0 Å². The summed E-state index contributed by atoms with van der Waals surface area (Å²) in [4.78, 5) is 23.4. The van der Waals surface area contributed by atoms with Gasteiger partial charge in [-0.3, -0.25) is 9.59 Å². The van der Waals surface area contributed by atoms with Crippen LogP contribution < -0.4 is 15.6 Å². The highest BCUT2D eigenvalue weighted by Crippen LogP contribution is 2.08. The molecule has 0 radical (unpaired) electrons. The van der Waals surface area contributed by atoms with Crippen LogP contribution in [-0.4, -0.2) is 25.9 Å². The summed E-state index contributed by atoms with van der Waals surface area (Å²) in [5.74, 6) is -0.374. The molecule has 8 heteroatoms. The molecular formula is C16H19N3O4S. The summed E-state index contributed by atoms with van der Waals surface area (Å²) in [5.41, 5.74) is 1.73. The van der Waals surface area contributed by atoms with Gasteiger partial charge < -0.3 is 9.88 Å². The molecule has 2 rings (SSSR count). The minimum absolute atomic E-state index is 0.0891. The predicted octanol–water partition coefficient (Wildman–Crippen LogP) is 0.364. The number of nitrogens with zero attached hydrogens (tertiary/aromatic N) is 1. The molecule has 2 N–H and O–H groups in total. The van der Waals surface area contributed by atoms with Crippen molar-refractivity contribution in [2.75, 3.05) is 7.05 Å². The number of benzene rings is 1. The van der Waals surface area contributed by atoms with Gasteiger partial charge in [-0.15, -0.1) is 0 Å². The van der Waals surface area contributed by atoms with Gasteiger partial charge in [0, 0.05) is 25.9 Å². The first-order valence-corrected chi connectivity index (χ1v) is 8.90. The number of rotatable bonds is 6. The average Bonchev–Trinajstić information content (AvgIpc) is 2.56. The fraction of sp³-hybridized carbons (Fsp3) is 0.250. The molecule has 1 amide bonds. The lowest BCUT2D eigenvalue weighted by atomic mass is 10.1. The van der Waals surface area contributed by atoms with Crippen LogP contribution in [0.3, 0.4) is 0 Å². The summed E-state index contributed by atoms with van der Waals surface area (Å²) in [6.07, 6.45) is 1.48. The van der Waals surface area contributed by atoms with Gasteiger partial charge in [0.2, 0.25) is 15.6 Å². The molecule has 0 saturated carbocycles. The number of hydrogen-bond donors (Lipinski definition) is 2. The Morgan fingerprint density at radius 1 is 1.08 bits per heavy atom. The van der Waals surface area contributed by atoms with Crippen LogP contribution in [0, 0.1) is 0 Å². The zero-order valence-electron chi connectivity index (χ0n) is 13.4. The van der Waals surface area contributed by atoms with Gasteiger partial charge in [-0.05, 0) is 24.2 Å². The molecular weight excluding hydrogens is 330 g/mol. The first kappa shape index (κ1) is 17.9. The molecule has 0 spiro atoms. The Hall–Kier alpha value is -2.45. The van der Waals surface area contributed by atoms with Crippen LogP contribution in [0.25, 0.3) is 0 Å². The first-order chi connectivity index (χ1) is 11.3. The van der Waals surface area contributed by atoms with Gasteiger partial charge in [-0.1, -0.05) is 24.3 Å². The number of carbonyl (C=O) groups is 1. The second kappa shape index (κ2) is 7.41. The molecule has 0 atom stereocenters. The van der Waals surface area contributed by atoms with Gasteiger partial charge >= 0.3 is 0 Å². The molecule has 1 aromatic heterocycles. The van der Waals surface area contributed by atoms with Crippen LogP contribution in [-0.2, 0) is 29.4 Å². The van der Waals surface area contributed by atoms with Crippen molar-refractivity contribution >= 4 is 15.9 Å². The molecule has 24 heavy (non-hydrogen) atoms. The number of pyridine rings is 1. The molecule has 0 bridgehead atoms. The van der Waals surface area contributed by atoms with E-state index in [0.29, 0.717) is 17.7 Å². The molecule has 7 nitrogen and oxygen atoms in total. The molecule has 0 aliphatic carbocycles. The van der Waals surface area contributed by atoms with E-state index < -0.39 is 10.0 Å². The van der Waals surface area contributed by atoms with Crippen LogP contribution >= 0.6 is 0 Å². The third kappa shape index (κ3) is 4.77. The van der Waals surface area contributed by atoms with E-state index in [1.54, 1.807) is 31.3 Å². The van der Waals surface area contributed by atoms with E-state index in [9.17, 15) is 18.0 Å². The Labute approximate surface area is 140 Å². The van der Waals surface area contributed by atoms with Crippen LogP contribution in [0.5, 0.6) is 0 Å². The largest absolute Gasteiger partial charge is 0.348 e. The van der Waals surface area contributed by atoms with Crippen LogP contribution in [0.4, 0.5) is 0 Å². The third-order valence-electron chi connectivity index (χ3n) is 3.49. The van der Waals surface area contributed by atoms with Gasteiger partial charge in [-0.25, -0.2) is 13.1 Å². The number of sulfonamides is 1. The van der Waals surface area contributed by atoms with Crippen molar-refractivity contribution in [3.63, 3.8) is 0 Å². The average molecular weight is 349 g/mol. The van der Waals surface area contributed by atoms with Crippen molar-refractivity contribution in [1.82, 2.24) is 14.6 Å². The zero-order valence-corrected chi connectivity index (χ0v) is 14.3. The molecule has 0 fully saturated rings. The van der Waals surface area contributed by atoms with E-state index in [1.165, 1.54) is 29.9 Å². The third-order valence-corrected chi connectivity index (χ3v) is 4.83. The maximum atomic E-state index is 12.1. The smallest absolute Gasteiger partial charge is 0.253 e. The van der Waals surface area contributed by atoms with E-state index in [4.69, 9.17) is 0 Å². The second-order valence-corrected chi connectivity index (χ2v) is 7.26. The maximum Gasteiger partial charge on any atom is 0.253 e. The van der Waals surface area contributed by atoms with E-state index in [1.807, 2.05) is 0 Å². The summed E-state index contributed by atoms with van der Waals surface area (Å²) >= 11 is 0. The molecule has 0 aliphatic rings. The number of nitrogens with one attached hydrogen (secondary N) is 2. The van der Waals surface area contributed by atoms with E-state index in [0.717, 1.165) is 5.56 Å². The Kier molecular flexibility index (Phi) is 5.53. The minimum Gasteiger partial charge on any atom is -0.348 e. The summed E-state index contributed by atoms with van der Waals surface area (Å²) < 4.78 is 26.6. The van der Waals surface area contributed by atoms with Crippen molar-refractivity contribution < 1.29 is 13.2 Å². The van der Waals surface area contributed by atoms with Crippen LogP contribution in [0.2, 0.25) is 0 Å². The van der Waals surface area contributed by atoms with E-state index in [-0.39, 0.29) is 17.2 Å². The SMILES string of the molecule is CNS(=O)(=O)Cc1ccc(CNC(=O)c2ccc(=O)n(C)c2)cc1. The zero-order chi connectivity index (χ0) is 17.7.